The monoisotopic (exact) mass is 331 g/mol. The molecule has 0 aromatic heterocycles. The molecule has 1 aromatic carbocycles. The van der Waals surface area contributed by atoms with E-state index in [1.807, 2.05) is 24.3 Å². The first kappa shape index (κ1) is 18.2. The van der Waals surface area contributed by atoms with Gasteiger partial charge >= 0.3 is 0 Å². The Kier molecular flexibility index (Phi) is 8.04. The van der Waals surface area contributed by atoms with Crippen LogP contribution in [0.15, 0.2) is 24.3 Å². The molecular weight excluding hydrogens is 309 g/mol. The van der Waals surface area contributed by atoms with Gasteiger partial charge in [0.25, 0.3) is 0 Å². The smallest absolute Gasteiger partial charge is 0.234 e. The number of amides is 1. The van der Waals surface area contributed by atoms with Crippen LogP contribution in [0.25, 0.3) is 0 Å². The summed E-state index contributed by atoms with van der Waals surface area (Å²) in [6, 6.07) is 7.52. The van der Waals surface area contributed by atoms with E-state index in [1.165, 1.54) is 0 Å². The fraction of sp³-hybridized carbons (Fsp3) is 0.533. The predicted octanol–water partition coefficient (Wildman–Crippen LogP) is 2.05. The number of nitrogens with one attached hydrogen (secondary N) is 1. The zero-order valence-corrected chi connectivity index (χ0v) is 13.6. The molecule has 0 unspecified atom stereocenters. The van der Waals surface area contributed by atoms with Gasteiger partial charge in [0.2, 0.25) is 5.91 Å². The van der Waals surface area contributed by atoms with Crippen LogP contribution in [0.5, 0.6) is 0 Å². The SMILES string of the molecule is Cl.NCC1CCN(CC(=O)NCc2ccc(Cl)cc2)CC1. The highest BCUT2D eigenvalue weighted by molar-refractivity contribution is 6.30. The number of halogens is 2. The van der Waals surface area contributed by atoms with Gasteiger partial charge < -0.3 is 11.1 Å². The van der Waals surface area contributed by atoms with Gasteiger partial charge in [0.15, 0.2) is 0 Å². The van der Waals surface area contributed by atoms with Gasteiger partial charge in [-0.3, -0.25) is 9.69 Å². The number of piperidine rings is 1. The first-order valence-corrected chi connectivity index (χ1v) is 7.48. The molecule has 1 aromatic rings. The topological polar surface area (TPSA) is 58.4 Å². The fourth-order valence-electron chi connectivity index (χ4n) is 2.44. The van der Waals surface area contributed by atoms with Gasteiger partial charge in [0.1, 0.15) is 0 Å². The molecule has 2 rings (SSSR count). The molecule has 21 heavy (non-hydrogen) atoms. The molecule has 0 spiro atoms. The lowest BCUT2D eigenvalue weighted by Crippen LogP contribution is -2.42. The van der Waals surface area contributed by atoms with Crippen molar-refractivity contribution in [3.63, 3.8) is 0 Å². The van der Waals surface area contributed by atoms with Gasteiger partial charge in [-0.1, -0.05) is 23.7 Å². The molecule has 1 aliphatic rings. The minimum absolute atomic E-state index is 0. The summed E-state index contributed by atoms with van der Waals surface area (Å²) < 4.78 is 0. The van der Waals surface area contributed by atoms with E-state index < -0.39 is 0 Å². The molecular formula is C15H23Cl2N3O. The van der Waals surface area contributed by atoms with Crippen molar-refractivity contribution in [3.05, 3.63) is 34.9 Å². The highest BCUT2D eigenvalue weighted by atomic mass is 35.5. The van der Waals surface area contributed by atoms with Crippen molar-refractivity contribution in [2.24, 2.45) is 11.7 Å². The lowest BCUT2D eigenvalue weighted by atomic mass is 9.97. The van der Waals surface area contributed by atoms with Crippen molar-refractivity contribution in [2.75, 3.05) is 26.2 Å². The Labute approximate surface area is 137 Å². The summed E-state index contributed by atoms with van der Waals surface area (Å²) in [7, 11) is 0. The third kappa shape index (κ3) is 6.22. The van der Waals surface area contributed by atoms with Crippen LogP contribution in [0.2, 0.25) is 5.02 Å². The minimum atomic E-state index is 0. The molecule has 0 radical (unpaired) electrons. The maximum atomic E-state index is 11.9. The Hall–Kier alpha value is -0.810. The molecule has 6 heteroatoms. The van der Waals surface area contributed by atoms with Crippen LogP contribution in [0, 0.1) is 5.92 Å². The van der Waals surface area contributed by atoms with E-state index in [0.29, 0.717) is 24.0 Å². The van der Waals surface area contributed by atoms with E-state index in [-0.39, 0.29) is 18.3 Å². The van der Waals surface area contributed by atoms with Crippen molar-refractivity contribution in [1.82, 2.24) is 10.2 Å². The molecule has 1 amide bonds. The van der Waals surface area contributed by atoms with Crippen molar-refractivity contribution in [2.45, 2.75) is 19.4 Å². The largest absolute Gasteiger partial charge is 0.351 e. The standard InChI is InChI=1S/C15H22ClN3O.ClH/c16-14-3-1-13(2-4-14)10-18-15(20)11-19-7-5-12(9-17)6-8-19;/h1-4,12H,5-11,17H2,(H,18,20);1H. The minimum Gasteiger partial charge on any atom is -0.351 e. The van der Waals surface area contributed by atoms with Crippen LogP contribution in [-0.4, -0.2) is 37.0 Å². The zero-order chi connectivity index (χ0) is 14.4. The first-order valence-electron chi connectivity index (χ1n) is 7.11. The van der Waals surface area contributed by atoms with E-state index in [0.717, 1.165) is 38.0 Å². The number of carbonyl (C=O) groups is 1. The maximum absolute atomic E-state index is 11.9. The number of rotatable bonds is 5. The Morgan fingerprint density at radius 2 is 1.90 bits per heavy atom. The molecule has 1 fully saturated rings. The van der Waals surface area contributed by atoms with E-state index in [4.69, 9.17) is 17.3 Å². The van der Waals surface area contributed by atoms with Crippen molar-refractivity contribution < 1.29 is 4.79 Å². The van der Waals surface area contributed by atoms with Crippen LogP contribution < -0.4 is 11.1 Å². The number of likely N-dealkylation sites (tertiary alicyclic amines) is 1. The van der Waals surface area contributed by atoms with Gasteiger partial charge in [-0.25, -0.2) is 0 Å². The predicted molar refractivity (Wildman–Crippen MR) is 88.8 cm³/mol. The van der Waals surface area contributed by atoms with E-state index in [9.17, 15) is 4.79 Å². The molecule has 1 heterocycles. The molecule has 0 bridgehead atoms. The Morgan fingerprint density at radius 3 is 2.48 bits per heavy atom. The Morgan fingerprint density at radius 1 is 1.29 bits per heavy atom. The summed E-state index contributed by atoms with van der Waals surface area (Å²) >= 11 is 5.82. The number of nitrogens with zero attached hydrogens (tertiary/aromatic N) is 1. The zero-order valence-electron chi connectivity index (χ0n) is 12.1. The summed E-state index contributed by atoms with van der Waals surface area (Å²) in [6.07, 6.45) is 2.20. The van der Waals surface area contributed by atoms with Gasteiger partial charge in [0, 0.05) is 11.6 Å². The first-order chi connectivity index (χ1) is 9.67. The van der Waals surface area contributed by atoms with Gasteiger partial charge in [-0.2, -0.15) is 0 Å². The van der Waals surface area contributed by atoms with E-state index in [1.54, 1.807) is 0 Å². The van der Waals surface area contributed by atoms with Crippen molar-refractivity contribution >= 4 is 29.9 Å². The molecule has 0 aliphatic carbocycles. The summed E-state index contributed by atoms with van der Waals surface area (Å²) in [6.45, 7) is 3.73. The molecule has 4 nitrogen and oxygen atoms in total. The van der Waals surface area contributed by atoms with Crippen LogP contribution in [0.3, 0.4) is 0 Å². The Balaban J connectivity index is 0.00000220. The molecule has 118 valence electrons. The molecule has 1 saturated heterocycles. The number of benzene rings is 1. The van der Waals surface area contributed by atoms with Crippen LogP contribution in [0.1, 0.15) is 18.4 Å². The number of nitrogens with two attached hydrogens (primary N) is 1. The van der Waals surface area contributed by atoms with Crippen molar-refractivity contribution in [3.8, 4) is 0 Å². The average Bonchev–Trinajstić information content (AvgIpc) is 2.47. The number of carbonyl (C=O) groups excluding carboxylic acids is 1. The second-order valence-electron chi connectivity index (χ2n) is 5.36. The fourth-order valence-corrected chi connectivity index (χ4v) is 2.57. The maximum Gasteiger partial charge on any atom is 0.234 e. The highest BCUT2D eigenvalue weighted by Gasteiger charge is 2.19. The molecule has 3 N–H and O–H groups in total. The van der Waals surface area contributed by atoms with Crippen LogP contribution in [-0.2, 0) is 11.3 Å². The van der Waals surface area contributed by atoms with Crippen LogP contribution >= 0.6 is 24.0 Å². The summed E-state index contributed by atoms with van der Waals surface area (Å²) in [5, 5.41) is 3.65. The number of hydrogen-bond acceptors (Lipinski definition) is 3. The third-order valence-corrected chi connectivity index (χ3v) is 4.06. The summed E-state index contributed by atoms with van der Waals surface area (Å²) in [5.41, 5.74) is 6.73. The molecule has 0 saturated carbocycles. The van der Waals surface area contributed by atoms with E-state index in [2.05, 4.69) is 10.2 Å². The lowest BCUT2D eigenvalue weighted by Gasteiger charge is -2.30. The molecule has 0 atom stereocenters. The van der Waals surface area contributed by atoms with Gasteiger partial charge in [-0.15, -0.1) is 12.4 Å². The normalized spacial score (nSPS) is 16.3. The second kappa shape index (κ2) is 9.26. The van der Waals surface area contributed by atoms with E-state index >= 15 is 0 Å². The average molecular weight is 332 g/mol. The second-order valence-corrected chi connectivity index (χ2v) is 5.79. The van der Waals surface area contributed by atoms with Crippen LogP contribution in [0.4, 0.5) is 0 Å². The quantitative estimate of drug-likeness (QED) is 0.868. The summed E-state index contributed by atoms with van der Waals surface area (Å²) in [5.74, 6) is 0.703. The number of hydrogen-bond donors (Lipinski definition) is 2. The molecule has 1 aliphatic heterocycles. The third-order valence-electron chi connectivity index (χ3n) is 3.81. The summed E-state index contributed by atoms with van der Waals surface area (Å²) in [4.78, 5) is 14.1. The van der Waals surface area contributed by atoms with Gasteiger partial charge in [-0.05, 0) is 56.1 Å². The Bertz CT molecular complexity index is 431. The highest BCUT2D eigenvalue weighted by Crippen LogP contribution is 2.15. The lowest BCUT2D eigenvalue weighted by molar-refractivity contribution is -0.122. The van der Waals surface area contributed by atoms with Gasteiger partial charge in [0.05, 0.1) is 6.54 Å². The van der Waals surface area contributed by atoms with Crippen molar-refractivity contribution in [1.29, 1.82) is 0 Å².